The van der Waals surface area contributed by atoms with E-state index in [0.717, 1.165) is 24.4 Å². The number of fused-ring (bicyclic) bond motifs is 1. The lowest BCUT2D eigenvalue weighted by molar-refractivity contribution is 0.0878. The van der Waals surface area contributed by atoms with Crippen molar-refractivity contribution in [3.8, 4) is 0 Å². The molecule has 0 aromatic heterocycles. The van der Waals surface area contributed by atoms with Crippen LogP contribution in [0.4, 0.5) is 0 Å². The second kappa shape index (κ2) is 4.85. The van der Waals surface area contributed by atoms with E-state index in [9.17, 15) is 4.79 Å². The molecule has 1 aliphatic heterocycles. The third-order valence-corrected chi connectivity index (χ3v) is 4.47. The summed E-state index contributed by atoms with van der Waals surface area (Å²) >= 11 is 0. The smallest absolute Gasteiger partial charge is 0.167 e. The number of piperidine rings is 1. The van der Waals surface area contributed by atoms with Gasteiger partial charge in [0.05, 0.1) is 0 Å². The highest BCUT2D eigenvalue weighted by atomic mass is 16.1. The van der Waals surface area contributed by atoms with Crippen LogP contribution >= 0.6 is 0 Å². The number of Topliss-reactive ketones (excluding diaryl/α,β-unsaturated/α-hetero) is 1. The molecule has 0 bridgehead atoms. The van der Waals surface area contributed by atoms with E-state index in [1.807, 2.05) is 18.2 Å². The number of hydrogen-bond acceptors (Lipinski definition) is 2. The summed E-state index contributed by atoms with van der Waals surface area (Å²) in [6, 6.07) is 8.10. The molecule has 0 radical (unpaired) electrons. The van der Waals surface area contributed by atoms with E-state index in [-0.39, 0.29) is 5.92 Å². The van der Waals surface area contributed by atoms with E-state index in [2.05, 4.69) is 17.9 Å². The number of hydrogen-bond donors (Lipinski definition) is 0. The highest BCUT2D eigenvalue weighted by Crippen LogP contribution is 2.28. The highest BCUT2D eigenvalue weighted by molar-refractivity contribution is 6.02. The average molecular weight is 243 g/mol. The topological polar surface area (TPSA) is 20.3 Å². The summed E-state index contributed by atoms with van der Waals surface area (Å²) in [6.07, 6.45) is 3.52. The Labute approximate surface area is 109 Å². The Hall–Kier alpha value is -1.15. The van der Waals surface area contributed by atoms with E-state index < -0.39 is 0 Å². The lowest BCUT2D eigenvalue weighted by atomic mass is 9.97. The van der Waals surface area contributed by atoms with Gasteiger partial charge in [0, 0.05) is 18.0 Å². The summed E-state index contributed by atoms with van der Waals surface area (Å²) in [5.41, 5.74) is 2.21. The molecule has 2 nitrogen and oxygen atoms in total. The van der Waals surface area contributed by atoms with Crippen LogP contribution in [0.25, 0.3) is 0 Å². The number of carbonyl (C=O) groups is 1. The molecular formula is C16H21NO. The highest BCUT2D eigenvalue weighted by Gasteiger charge is 2.31. The first-order chi connectivity index (χ1) is 8.74. The van der Waals surface area contributed by atoms with Gasteiger partial charge in [-0.25, -0.2) is 0 Å². The van der Waals surface area contributed by atoms with Crippen LogP contribution in [0.3, 0.4) is 0 Å². The molecule has 0 spiro atoms. The van der Waals surface area contributed by atoms with Gasteiger partial charge in [-0.2, -0.15) is 0 Å². The lowest BCUT2D eigenvalue weighted by Crippen LogP contribution is -2.38. The van der Waals surface area contributed by atoms with Gasteiger partial charge in [-0.1, -0.05) is 31.2 Å². The summed E-state index contributed by atoms with van der Waals surface area (Å²) in [5, 5.41) is 0. The largest absolute Gasteiger partial charge is 0.303 e. The minimum atomic E-state index is 0.204. The SMILES string of the molecule is CC1CCN(CC2Cc3ccccc3C2=O)CC1. The van der Waals surface area contributed by atoms with Crippen LogP contribution in [0.2, 0.25) is 0 Å². The molecule has 0 N–H and O–H groups in total. The predicted molar refractivity (Wildman–Crippen MR) is 72.8 cm³/mol. The fourth-order valence-electron chi connectivity index (χ4n) is 3.22. The molecule has 2 aliphatic rings. The molecule has 0 amide bonds. The first-order valence-electron chi connectivity index (χ1n) is 7.08. The minimum Gasteiger partial charge on any atom is -0.303 e. The maximum Gasteiger partial charge on any atom is 0.167 e. The number of likely N-dealkylation sites (tertiary alicyclic amines) is 1. The molecule has 3 rings (SSSR count). The molecule has 1 atom stereocenters. The summed E-state index contributed by atoms with van der Waals surface area (Å²) in [4.78, 5) is 14.8. The quantitative estimate of drug-likeness (QED) is 0.796. The molecule has 96 valence electrons. The van der Waals surface area contributed by atoms with Gasteiger partial charge in [-0.15, -0.1) is 0 Å². The summed E-state index contributed by atoms with van der Waals surface area (Å²) in [6.45, 7) is 5.62. The predicted octanol–water partition coefficient (Wildman–Crippen LogP) is 2.77. The van der Waals surface area contributed by atoms with Crippen molar-refractivity contribution < 1.29 is 4.79 Å². The van der Waals surface area contributed by atoms with Crippen LogP contribution in [-0.2, 0) is 6.42 Å². The van der Waals surface area contributed by atoms with E-state index in [1.165, 1.54) is 31.5 Å². The Morgan fingerprint density at radius 3 is 2.67 bits per heavy atom. The van der Waals surface area contributed by atoms with E-state index in [1.54, 1.807) is 0 Å². The number of nitrogens with zero attached hydrogens (tertiary/aromatic N) is 1. The standard InChI is InChI=1S/C16H21NO/c1-12-6-8-17(9-7-12)11-14-10-13-4-2-3-5-15(13)16(14)18/h2-5,12,14H,6-11H2,1H3. The Morgan fingerprint density at radius 2 is 1.94 bits per heavy atom. The van der Waals surface area contributed by atoms with Crippen molar-refractivity contribution >= 4 is 5.78 Å². The molecule has 1 fully saturated rings. The van der Waals surface area contributed by atoms with Crippen molar-refractivity contribution in [3.05, 3.63) is 35.4 Å². The Balaban J connectivity index is 1.64. The molecule has 1 aromatic carbocycles. The van der Waals surface area contributed by atoms with Gasteiger partial charge in [-0.05, 0) is 43.8 Å². The zero-order valence-corrected chi connectivity index (χ0v) is 11.1. The lowest BCUT2D eigenvalue weighted by Gasteiger charge is -2.31. The van der Waals surface area contributed by atoms with E-state index in [4.69, 9.17) is 0 Å². The molecule has 1 aromatic rings. The van der Waals surface area contributed by atoms with Gasteiger partial charge < -0.3 is 4.90 Å². The van der Waals surface area contributed by atoms with Crippen molar-refractivity contribution in [1.82, 2.24) is 4.90 Å². The number of benzene rings is 1. The third-order valence-electron chi connectivity index (χ3n) is 4.47. The van der Waals surface area contributed by atoms with Gasteiger partial charge in [0.15, 0.2) is 5.78 Å². The van der Waals surface area contributed by atoms with E-state index >= 15 is 0 Å². The minimum absolute atomic E-state index is 0.204. The Bertz CT molecular complexity index is 446. The number of rotatable bonds is 2. The molecule has 1 heterocycles. The monoisotopic (exact) mass is 243 g/mol. The normalized spacial score (nSPS) is 25.4. The van der Waals surface area contributed by atoms with Crippen LogP contribution in [0.1, 0.15) is 35.7 Å². The summed E-state index contributed by atoms with van der Waals surface area (Å²) in [5.74, 6) is 1.43. The number of carbonyl (C=O) groups excluding carboxylic acids is 1. The van der Waals surface area contributed by atoms with Gasteiger partial charge in [0.2, 0.25) is 0 Å². The van der Waals surface area contributed by atoms with Gasteiger partial charge in [-0.3, -0.25) is 4.79 Å². The molecule has 1 saturated heterocycles. The molecule has 1 unspecified atom stereocenters. The first kappa shape index (κ1) is 11.9. The van der Waals surface area contributed by atoms with Crippen LogP contribution in [0.15, 0.2) is 24.3 Å². The third kappa shape index (κ3) is 2.22. The van der Waals surface area contributed by atoms with Crippen molar-refractivity contribution in [2.24, 2.45) is 11.8 Å². The second-order valence-corrected chi connectivity index (χ2v) is 5.91. The maximum atomic E-state index is 12.3. The van der Waals surface area contributed by atoms with Gasteiger partial charge in [0.25, 0.3) is 0 Å². The van der Waals surface area contributed by atoms with Crippen molar-refractivity contribution in [3.63, 3.8) is 0 Å². The second-order valence-electron chi connectivity index (χ2n) is 5.91. The Morgan fingerprint density at radius 1 is 1.22 bits per heavy atom. The van der Waals surface area contributed by atoms with Crippen molar-refractivity contribution in [2.75, 3.05) is 19.6 Å². The van der Waals surface area contributed by atoms with Crippen LogP contribution in [0, 0.1) is 11.8 Å². The molecule has 18 heavy (non-hydrogen) atoms. The first-order valence-corrected chi connectivity index (χ1v) is 7.08. The zero-order valence-electron chi connectivity index (χ0n) is 11.1. The molecule has 2 heteroatoms. The molecule has 0 saturated carbocycles. The zero-order chi connectivity index (χ0) is 12.5. The Kier molecular flexibility index (Phi) is 3.21. The average Bonchev–Trinajstić information content (AvgIpc) is 2.70. The fraction of sp³-hybridized carbons (Fsp3) is 0.562. The molecule has 1 aliphatic carbocycles. The summed E-state index contributed by atoms with van der Waals surface area (Å²) < 4.78 is 0. The van der Waals surface area contributed by atoms with E-state index in [0.29, 0.717) is 5.78 Å². The van der Waals surface area contributed by atoms with Crippen LogP contribution < -0.4 is 0 Å². The fourth-order valence-corrected chi connectivity index (χ4v) is 3.22. The van der Waals surface area contributed by atoms with Gasteiger partial charge in [0.1, 0.15) is 0 Å². The number of ketones is 1. The molecular weight excluding hydrogens is 222 g/mol. The summed E-state index contributed by atoms with van der Waals surface area (Å²) in [7, 11) is 0. The van der Waals surface area contributed by atoms with Crippen molar-refractivity contribution in [1.29, 1.82) is 0 Å². The van der Waals surface area contributed by atoms with Crippen LogP contribution in [-0.4, -0.2) is 30.3 Å². The van der Waals surface area contributed by atoms with Crippen molar-refractivity contribution in [2.45, 2.75) is 26.2 Å². The van der Waals surface area contributed by atoms with Crippen LogP contribution in [0.5, 0.6) is 0 Å². The van der Waals surface area contributed by atoms with Gasteiger partial charge >= 0.3 is 0 Å². The maximum absolute atomic E-state index is 12.3.